The van der Waals surface area contributed by atoms with E-state index >= 15 is 0 Å². The molecule has 1 saturated carbocycles. The van der Waals surface area contributed by atoms with Crippen LogP contribution in [0.1, 0.15) is 47.0 Å². The fourth-order valence-electron chi connectivity index (χ4n) is 3.50. The van der Waals surface area contributed by atoms with E-state index in [9.17, 15) is 0 Å². The Morgan fingerprint density at radius 1 is 1.31 bits per heavy atom. The second-order valence-corrected chi connectivity index (χ2v) is 6.81. The molecule has 2 atom stereocenters. The fraction of sp³-hybridized carbons (Fsp3) is 1.00. The Bertz CT molecular complexity index is 235. The van der Waals surface area contributed by atoms with Gasteiger partial charge in [-0.2, -0.15) is 0 Å². The molecule has 2 unspecified atom stereocenters. The zero-order chi connectivity index (χ0) is 11.8. The van der Waals surface area contributed by atoms with E-state index in [2.05, 4.69) is 37.9 Å². The van der Waals surface area contributed by atoms with Gasteiger partial charge in [-0.3, -0.25) is 4.90 Å². The van der Waals surface area contributed by atoms with E-state index in [4.69, 9.17) is 0 Å². The molecule has 2 aliphatic rings. The Morgan fingerprint density at radius 3 is 2.62 bits per heavy atom. The van der Waals surface area contributed by atoms with Crippen LogP contribution in [-0.4, -0.2) is 36.6 Å². The van der Waals surface area contributed by atoms with Crippen molar-refractivity contribution in [2.24, 2.45) is 11.3 Å². The first-order valence-electron chi connectivity index (χ1n) is 6.96. The summed E-state index contributed by atoms with van der Waals surface area (Å²) in [6, 6.07) is 1.61. The Morgan fingerprint density at radius 2 is 2.06 bits per heavy atom. The van der Waals surface area contributed by atoms with Gasteiger partial charge in [-0.1, -0.05) is 27.7 Å². The van der Waals surface area contributed by atoms with Gasteiger partial charge in [0, 0.05) is 31.7 Å². The first-order chi connectivity index (χ1) is 7.49. The predicted octanol–water partition coefficient (Wildman–Crippen LogP) is 2.49. The molecule has 1 heterocycles. The highest BCUT2D eigenvalue weighted by molar-refractivity contribution is 4.93. The summed E-state index contributed by atoms with van der Waals surface area (Å²) in [6.45, 7) is 13.2. The highest BCUT2D eigenvalue weighted by Gasteiger charge is 2.38. The van der Waals surface area contributed by atoms with E-state index in [1.807, 2.05) is 0 Å². The summed E-state index contributed by atoms with van der Waals surface area (Å²) < 4.78 is 0. The van der Waals surface area contributed by atoms with Crippen molar-refractivity contribution in [3.05, 3.63) is 0 Å². The van der Waals surface area contributed by atoms with E-state index in [0.29, 0.717) is 5.41 Å². The van der Waals surface area contributed by atoms with E-state index in [1.165, 1.54) is 38.9 Å². The molecule has 2 fully saturated rings. The molecule has 0 radical (unpaired) electrons. The highest BCUT2D eigenvalue weighted by Crippen LogP contribution is 2.40. The SMILES string of the molecule is CC(C)C1CNCCN1C1CCC(C)(C)C1. The first-order valence-corrected chi connectivity index (χ1v) is 6.96. The minimum Gasteiger partial charge on any atom is -0.314 e. The zero-order valence-electron chi connectivity index (χ0n) is 11.4. The molecule has 94 valence electrons. The normalized spacial score (nSPS) is 35.8. The molecule has 0 amide bonds. The number of nitrogens with zero attached hydrogens (tertiary/aromatic N) is 1. The van der Waals surface area contributed by atoms with Crippen LogP contribution in [0.25, 0.3) is 0 Å². The summed E-state index contributed by atoms with van der Waals surface area (Å²) in [4.78, 5) is 2.80. The highest BCUT2D eigenvalue weighted by atomic mass is 15.2. The van der Waals surface area contributed by atoms with Crippen LogP contribution < -0.4 is 5.32 Å². The zero-order valence-corrected chi connectivity index (χ0v) is 11.4. The van der Waals surface area contributed by atoms with Crippen molar-refractivity contribution >= 4 is 0 Å². The lowest BCUT2D eigenvalue weighted by Crippen LogP contribution is -2.56. The maximum Gasteiger partial charge on any atom is 0.0247 e. The molecule has 1 aliphatic carbocycles. The fourth-order valence-corrected chi connectivity index (χ4v) is 3.50. The molecule has 16 heavy (non-hydrogen) atoms. The van der Waals surface area contributed by atoms with E-state index < -0.39 is 0 Å². The van der Waals surface area contributed by atoms with Gasteiger partial charge in [0.2, 0.25) is 0 Å². The Kier molecular flexibility index (Phi) is 3.60. The third kappa shape index (κ3) is 2.60. The quantitative estimate of drug-likeness (QED) is 0.775. The summed E-state index contributed by atoms with van der Waals surface area (Å²) in [5, 5.41) is 3.55. The van der Waals surface area contributed by atoms with Gasteiger partial charge in [0.15, 0.2) is 0 Å². The van der Waals surface area contributed by atoms with Crippen molar-refractivity contribution in [2.75, 3.05) is 19.6 Å². The summed E-state index contributed by atoms with van der Waals surface area (Å²) in [7, 11) is 0. The van der Waals surface area contributed by atoms with Crippen molar-refractivity contribution in [1.82, 2.24) is 10.2 Å². The van der Waals surface area contributed by atoms with Gasteiger partial charge in [-0.05, 0) is 30.6 Å². The van der Waals surface area contributed by atoms with Crippen LogP contribution in [0, 0.1) is 11.3 Å². The molecule has 1 aliphatic heterocycles. The largest absolute Gasteiger partial charge is 0.314 e. The average molecular weight is 224 g/mol. The smallest absolute Gasteiger partial charge is 0.0247 e. The molecule has 0 aromatic carbocycles. The van der Waals surface area contributed by atoms with Gasteiger partial charge < -0.3 is 5.32 Å². The molecule has 1 saturated heterocycles. The summed E-state index contributed by atoms with van der Waals surface area (Å²) in [5.74, 6) is 0.775. The third-order valence-corrected chi connectivity index (χ3v) is 4.51. The third-order valence-electron chi connectivity index (χ3n) is 4.51. The second-order valence-electron chi connectivity index (χ2n) is 6.81. The minimum atomic E-state index is 0.580. The van der Waals surface area contributed by atoms with Crippen LogP contribution in [-0.2, 0) is 0 Å². The van der Waals surface area contributed by atoms with Crippen molar-refractivity contribution in [1.29, 1.82) is 0 Å². The molecule has 0 bridgehead atoms. The van der Waals surface area contributed by atoms with E-state index in [1.54, 1.807) is 0 Å². The van der Waals surface area contributed by atoms with Gasteiger partial charge in [-0.25, -0.2) is 0 Å². The second kappa shape index (κ2) is 4.66. The lowest BCUT2D eigenvalue weighted by Gasteiger charge is -2.42. The van der Waals surface area contributed by atoms with Crippen LogP contribution in [0.2, 0.25) is 0 Å². The molecule has 2 heteroatoms. The molecule has 2 nitrogen and oxygen atoms in total. The van der Waals surface area contributed by atoms with Crippen LogP contribution >= 0.6 is 0 Å². The molecule has 1 N–H and O–H groups in total. The number of hydrogen-bond acceptors (Lipinski definition) is 2. The topological polar surface area (TPSA) is 15.3 Å². The maximum absolute atomic E-state index is 3.55. The van der Waals surface area contributed by atoms with Crippen LogP contribution in [0.4, 0.5) is 0 Å². The molecule has 0 aromatic rings. The van der Waals surface area contributed by atoms with Gasteiger partial charge in [0.1, 0.15) is 0 Å². The van der Waals surface area contributed by atoms with Crippen molar-refractivity contribution in [3.63, 3.8) is 0 Å². The average Bonchev–Trinajstić information content (AvgIpc) is 2.59. The monoisotopic (exact) mass is 224 g/mol. The first kappa shape index (κ1) is 12.4. The number of hydrogen-bond donors (Lipinski definition) is 1. The number of nitrogens with one attached hydrogen (secondary N) is 1. The van der Waals surface area contributed by atoms with Crippen molar-refractivity contribution < 1.29 is 0 Å². The summed E-state index contributed by atoms with van der Waals surface area (Å²) >= 11 is 0. The summed E-state index contributed by atoms with van der Waals surface area (Å²) in [6.07, 6.45) is 4.22. The van der Waals surface area contributed by atoms with Gasteiger partial charge in [0.05, 0.1) is 0 Å². The Balaban J connectivity index is 2.01. The predicted molar refractivity (Wildman–Crippen MR) is 69.6 cm³/mol. The Labute approximate surface area is 101 Å². The lowest BCUT2D eigenvalue weighted by molar-refractivity contribution is 0.0744. The lowest BCUT2D eigenvalue weighted by atomic mass is 9.91. The molecular weight excluding hydrogens is 196 g/mol. The van der Waals surface area contributed by atoms with Crippen LogP contribution in [0.5, 0.6) is 0 Å². The summed E-state index contributed by atoms with van der Waals surface area (Å²) in [5.41, 5.74) is 0.580. The van der Waals surface area contributed by atoms with Crippen LogP contribution in [0.15, 0.2) is 0 Å². The molecule has 0 spiro atoms. The van der Waals surface area contributed by atoms with Crippen LogP contribution in [0.3, 0.4) is 0 Å². The molecular formula is C14H28N2. The number of piperazine rings is 1. The maximum atomic E-state index is 3.55. The standard InChI is InChI=1S/C14H28N2/c1-11(2)13-10-15-7-8-16(13)12-5-6-14(3,4)9-12/h11-13,15H,5-10H2,1-4H3. The van der Waals surface area contributed by atoms with E-state index in [0.717, 1.165) is 18.0 Å². The van der Waals surface area contributed by atoms with E-state index in [-0.39, 0.29) is 0 Å². The van der Waals surface area contributed by atoms with Gasteiger partial charge >= 0.3 is 0 Å². The van der Waals surface area contributed by atoms with Crippen molar-refractivity contribution in [3.8, 4) is 0 Å². The van der Waals surface area contributed by atoms with Gasteiger partial charge in [0.25, 0.3) is 0 Å². The molecule has 2 rings (SSSR count). The minimum absolute atomic E-state index is 0.580. The molecule has 0 aromatic heterocycles. The van der Waals surface area contributed by atoms with Crippen molar-refractivity contribution in [2.45, 2.75) is 59.0 Å². The van der Waals surface area contributed by atoms with Gasteiger partial charge in [-0.15, -0.1) is 0 Å². The number of rotatable bonds is 2. The Hall–Kier alpha value is -0.0800.